The maximum absolute atomic E-state index is 14.1. The smallest absolute Gasteiger partial charge is 0.246 e. The van der Waals surface area contributed by atoms with E-state index in [1.165, 1.54) is 25.7 Å². The van der Waals surface area contributed by atoms with E-state index < -0.39 is 29.6 Å². The van der Waals surface area contributed by atoms with Crippen LogP contribution < -0.4 is 10.6 Å². The monoisotopic (exact) mass is 552 g/mol. The average Bonchev–Trinajstić information content (AvgIpc) is 3.60. The normalized spacial score (nSPS) is 32.4. The highest BCUT2D eigenvalue weighted by Crippen LogP contribution is 2.55. The highest BCUT2D eigenvalue weighted by atomic mass is 32.2. The maximum Gasteiger partial charge on any atom is 0.246 e. The maximum atomic E-state index is 14.1. The van der Waals surface area contributed by atoms with Gasteiger partial charge in [-0.3, -0.25) is 14.4 Å². The Bertz CT molecular complexity index is 1130. The first-order valence-corrected chi connectivity index (χ1v) is 15.9. The summed E-state index contributed by atoms with van der Waals surface area (Å²) in [4.78, 5) is 46.9. The number of hydrogen-bond acceptors (Lipinski definition) is 6. The van der Waals surface area contributed by atoms with E-state index in [9.17, 15) is 14.4 Å². The van der Waals surface area contributed by atoms with Crippen LogP contribution in [0.1, 0.15) is 51.4 Å². The number of benzene rings is 1. The molecule has 4 heterocycles. The van der Waals surface area contributed by atoms with Gasteiger partial charge in [-0.2, -0.15) is 0 Å². The van der Waals surface area contributed by atoms with Gasteiger partial charge in [0.05, 0.1) is 17.9 Å². The first-order chi connectivity index (χ1) is 19.0. The fourth-order valence-electron chi connectivity index (χ4n) is 7.39. The van der Waals surface area contributed by atoms with Crippen LogP contribution in [0.3, 0.4) is 0 Å². The predicted molar refractivity (Wildman–Crippen MR) is 151 cm³/mol. The van der Waals surface area contributed by atoms with Gasteiger partial charge in [0.2, 0.25) is 17.7 Å². The van der Waals surface area contributed by atoms with Crippen LogP contribution in [0.5, 0.6) is 0 Å². The molecule has 8 nitrogen and oxygen atoms in total. The van der Waals surface area contributed by atoms with E-state index in [2.05, 4.69) is 15.5 Å². The van der Waals surface area contributed by atoms with E-state index in [1.54, 1.807) is 16.7 Å². The van der Waals surface area contributed by atoms with Crippen LogP contribution in [0.2, 0.25) is 0 Å². The molecule has 2 bridgehead atoms. The van der Waals surface area contributed by atoms with Gasteiger partial charge in [-0.05, 0) is 63.2 Å². The van der Waals surface area contributed by atoms with Crippen molar-refractivity contribution >= 4 is 35.2 Å². The summed E-state index contributed by atoms with van der Waals surface area (Å²) in [6.45, 7) is 3.24. The largest absolute Gasteiger partial charge is 0.359 e. The van der Waals surface area contributed by atoms with Gasteiger partial charge in [0.1, 0.15) is 11.6 Å². The molecule has 4 aliphatic heterocycles. The summed E-state index contributed by atoms with van der Waals surface area (Å²) in [5, 5.41) is 6.31. The van der Waals surface area contributed by atoms with Gasteiger partial charge in [0, 0.05) is 29.7 Å². The van der Waals surface area contributed by atoms with Crippen LogP contribution >= 0.6 is 11.8 Å². The fraction of sp³-hybridized carbons (Fsp3) is 0.633. The lowest BCUT2D eigenvalue weighted by Crippen LogP contribution is -2.57. The molecule has 210 valence electrons. The Hall–Kier alpha value is -2.36. The number of nitrogens with one attached hydrogen (secondary N) is 2. The number of thioether (sulfide) groups is 1. The van der Waals surface area contributed by atoms with E-state index in [0.29, 0.717) is 12.2 Å². The second-order valence-corrected chi connectivity index (χ2v) is 12.6. The van der Waals surface area contributed by atoms with Crippen molar-refractivity contribution in [3.63, 3.8) is 0 Å². The highest BCUT2D eigenvalue weighted by molar-refractivity contribution is 7.98. The number of amides is 3. The summed E-state index contributed by atoms with van der Waals surface area (Å²) in [6, 6.07) is 7.07. The first-order valence-electron chi connectivity index (χ1n) is 14.7. The summed E-state index contributed by atoms with van der Waals surface area (Å²) in [6.07, 6.45) is 14.2. The molecule has 2 N–H and O–H groups in total. The molecule has 0 radical (unpaired) electrons. The van der Waals surface area contributed by atoms with Crippen molar-refractivity contribution in [1.29, 1.82) is 0 Å². The molecular formula is C30H40N4O4S. The number of fused-ring (bicyclic) bond motifs is 1. The highest BCUT2D eigenvalue weighted by Gasteiger charge is 2.72. The molecule has 4 fully saturated rings. The molecule has 5 atom stereocenters. The van der Waals surface area contributed by atoms with Crippen molar-refractivity contribution in [2.45, 2.75) is 80.1 Å². The molecule has 3 amide bonds. The molecule has 0 aromatic heterocycles. The summed E-state index contributed by atoms with van der Waals surface area (Å²) < 4.78 is 6.50. The molecule has 0 unspecified atom stereocenters. The molecular weight excluding hydrogens is 512 g/mol. The second-order valence-electron chi connectivity index (χ2n) is 11.7. The third-order valence-electron chi connectivity index (χ3n) is 9.32. The van der Waals surface area contributed by atoms with Crippen LogP contribution in [-0.2, 0) is 19.1 Å². The second kappa shape index (κ2) is 11.3. The molecule has 1 aromatic rings. The summed E-state index contributed by atoms with van der Waals surface area (Å²) in [7, 11) is 0. The van der Waals surface area contributed by atoms with Crippen LogP contribution in [-0.4, -0.2) is 83.7 Å². The lowest BCUT2D eigenvalue weighted by Gasteiger charge is -2.35. The van der Waals surface area contributed by atoms with Crippen molar-refractivity contribution in [2.24, 2.45) is 11.8 Å². The molecule has 9 heteroatoms. The minimum atomic E-state index is -1.11. The zero-order valence-corrected chi connectivity index (χ0v) is 23.6. The van der Waals surface area contributed by atoms with Crippen LogP contribution in [0.25, 0.3) is 0 Å². The number of anilines is 1. The van der Waals surface area contributed by atoms with Crippen molar-refractivity contribution in [3.05, 3.63) is 36.4 Å². The van der Waals surface area contributed by atoms with E-state index in [-0.39, 0.29) is 23.8 Å². The Balaban J connectivity index is 1.26. The van der Waals surface area contributed by atoms with Gasteiger partial charge in [-0.1, -0.05) is 43.9 Å². The summed E-state index contributed by atoms with van der Waals surface area (Å²) in [5.41, 5.74) is -0.405. The topological polar surface area (TPSA) is 91.0 Å². The molecule has 1 saturated carbocycles. The third-order valence-corrected chi connectivity index (χ3v) is 10.0. The lowest BCUT2D eigenvalue weighted by molar-refractivity contribution is -0.141. The SMILES string of the molecule is CSc1cccc(NC(=O)[C@@H]2[C@@H]3C=C[C@]4(O3)[C@@H]2C(=O)N(CCN2CCCCC2)[C@H]4C(=O)NC2CCCCC2)c1. The molecule has 3 saturated heterocycles. The van der Waals surface area contributed by atoms with Crippen molar-refractivity contribution in [2.75, 3.05) is 37.8 Å². The first kappa shape index (κ1) is 26.8. The number of rotatable bonds is 8. The number of ether oxygens (including phenoxy) is 1. The fourth-order valence-corrected chi connectivity index (χ4v) is 7.85. The molecule has 6 rings (SSSR count). The molecule has 39 heavy (non-hydrogen) atoms. The summed E-state index contributed by atoms with van der Waals surface area (Å²) >= 11 is 1.61. The van der Waals surface area contributed by atoms with E-state index in [1.807, 2.05) is 42.7 Å². The quantitative estimate of drug-likeness (QED) is 0.379. The average molecular weight is 553 g/mol. The van der Waals surface area contributed by atoms with Crippen LogP contribution in [0, 0.1) is 11.8 Å². The third kappa shape index (κ3) is 5.02. The Morgan fingerprint density at radius 3 is 2.59 bits per heavy atom. The summed E-state index contributed by atoms with van der Waals surface area (Å²) in [5.74, 6) is -1.90. The molecule has 5 aliphatic rings. The van der Waals surface area contributed by atoms with Gasteiger partial charge >= 0.3 is 0 Å². The van der Waals surface area contributed by atoms with E-state index in [0.717, 1.165) is 50.2 Å². The van der Waals surface area contributed by atoms with E-state index in [4.69, 9.17) is 4.74 Å². The predicted octanol–water partition coefficient (Wildman–Crippen LogP) is 3.43. The van der Waals surface area contributed by atoms with Gasteiger partial charge < -0.3 is 25.2 Å². The van der Waals surface area contributed by atoms with Crippen molar-refractivity contribution in [3.8, 4) is 0 Å². The lowest BCUT2D eigenvalue weighted by atomic mass is 9.74. The zero-order chi connectivity index (χ0) is 27.0. The van der Waals surface area contributed by atoms with Crippen molar-refractivity contribution < 1.29 is 19.1 Å². The van der Waals surface area contributed by atoms with Crippen LogP contribution in [0.4, 0.5) is 5.69 Å². The number of piperidine rings is 1. The number of carbonyl (C=O) groups excluding carboxylic acids is 3. The molecule has 1 aliphatic carbocycles. The van der Waals surface area contributed by atoms with Gasteiger partial charge in [-0.25, -0.2) is 0 Å². The zero-order valence-electron chi connectivity index (χ0n) is 22.8. The van der Waals surface area contributed by atoms with Crippen molar-refractivity contribution in [1.82, 2.24) is 15.1 Å². The Morgan fingerprint density at radius 2 is 1.82 bits per heavy atom. The Morgan fingerprint density at radius 1 is 1.05 bits per heavy atom. The van der Waals surface area contributed by atoms with Crippen LogP contribution in [0.15, 0.2) is 41.3 Å². The number of hydrogen-bond donors (Lipinski definition) is 2. The number of nitrogens with zero attached hydrogens (tertiary/aromatic N) is 2. The number of likely N-dealkylation sites (tertiary alicyclic amines) is 2. The minimum Gasteiger partial charge on any atom is -0.359 e. The standard InChI is InChI=1S/C30H40N4O4S/c1-39-22-12-8-11-21(19-22)32-27(35)24-23-13-14-30(38-23)25(24)29(37)34(18-17-33-15-6-3-7-16-33)26(30)28(36)31-20-9-4-2-5-10-20/h8,11-14,19-20,23-26H,2-7,9-10,15-18H2,1H3,(H,31,36)(H,32,35)/t23-,24+,25-,26-,30-/m0/s1. The van der Waals surface area contributed by atoms with E-state index >= 15 is 0 Å². The van der Waals surface area contributed by atoms with Gasteiger partial charge in [-0.15, -0.1) is 11.8 Å². The van der Waals surface area contributed by atoms with Gasteiger partial charge in [0.15, 0.2) is 0 Å². The minimum absolute atomic E-state index is 0.131. The Kier molecular flexibility index (Phi) is 7.75. The van der Waals surface area contributed by atoms with Gasteiger partial charge in [0.25, 0.3) is 0 Å². The molecule has 1 aromatic carbocycles. The Labute approximate surface area is 235 Å². The molecule has 1 spiro atoms. The number of carbonyl (C=O) groups is 3.